The molecular formula is C13H20N2OS. The molecule has 3 N–H and O–H groups in total. The number of amides is 1. The summed E-state index contributed by atoms with van der Waals surface area (Å²) in [4.78, 5) is 11.7. The largest absolute Gasteiger partial charge is 0.398 e. The van der Waals surface area contributed by atoms with Gasteiger partial charge in [0.15, 0.2) is 0 Å². The van der Waals surface area contributed by atoms with Crippen LogP contribution in [-0.2, 0) is 4.79 Å². The molecule has 3 nitrogen and oxygen atoms in total. The molecule has 0 aromatic heterocycles. The van der Waals surface area contributed by atoms with Gasteiger partial charge in [-0.2, -0.15) is 11.8 Å². The lowest BCUT2D eigenvalue weighted by molar-refractivity contribution is -0.116. The Morgan fingerprint density at radius 3 is 2.94 bits per heavy atom. The first-order valence-corrected chi connectivity index (χ1v) is 7.03. The highest BCUT2D eigenvalue weighted by atomic mass is 32.2. The van der Waals surface area contributed by atoms with Crippen molar-refractivity contribution in [2.45, 2.75) is 26.7 Å². The van der Waals surface area contributed by atoms with E-state index in [-0.39, 0.29) is 5.91 Å². The number of carbonyl (C=O) groups is 1. The van der Waals surface area contributed by atoms with Gasteiger partial charge in [0.05, 0.1) is 0 Å². The van der Waals surface area contributed by atoms with Crippen LogP contribution in [0.5, 0.6) is 0 Å². The second-order valence-corrected chi connectivity index (χ2v) is 5.26. The van der Waals surface area contributed by atoms with Gasteiger partial charge < -0.3 is 11.1 Å². The minimum absolute atomic E-state index is 0.0652. The molecule has 1 rings (SSSR count). The van der Waals surface area contributed by atoms with Crippen LogP contribution in [0, 0.1) is 6.92 Å². The summed E-state index contributed by atoms with van der Waals surface area (Å²) in [5.41, 5.74) is 8.25. The van der Waals surface area contributed by atoms with Crippen LogP contribution in [-0.4, -0.2) is 17.4 Å². The molecule has 0 unspecified atom stereocenters. The van der Waals surface area contributed by atoms with Gasteiger partial charge in [-0.05, 0) is 42.5 Å². The van der Waals surface area contributed by atoms with Crippen molar-refractivity contribution in [3.05, 3.63) is 23.8 Å². The van der Waals surface area contributed by atoms with E-state index in [1.165, 1.54) is 0 Å². The molecular weight excluding hydrogens is 232 g/mol. The predicted molar refractivity (Wildman–Crippen MR) is 76.5 cm³/mol. The number of nitrogens with two attached hydrogens (primary N) is 1. The van der Waals surface area contributed by atoms with Gasteiger partial charge in [0, 0.05) is 17.8 Å². The lowest BCUT2D eigenvalue weighted by Gasteiger charge is -2.09. The van der Waals surface area contributed by atoms with Crippen molar-refractivity contribution in [3.63, 3.8) is 0 Å². The monoisotopic (exact) mass is 252 g/mol. The van der Waals surface area contributed by atoms with Crippen molar-refractivity contribution in [1.82, 2.24) is 0 Å². The highest BCUT2D eigenvalue weighted by Crippen LogP contribution is 2.20. The summed E-state index contributed by atoms with van der Waals surface area (Å²) >= 11 is 1.86. The maximum atomic E-state index is 11.7. The number of nitrogen functional groups attached to an aromatic ring is 1. The number of anilines is 2. The third-order valence-electron chi connectivity index (χ3n) is 2.55. The Bertz CT molecular complexity index is 380. The maximum absolute atomic E-state index is 11.7. The molecule has 0 aliphatic rings. The molecule has 4 heteroatoms. The zero-order valence-electron chi connectivity index (χ0n) is 10.5. The van der Waals surface area contributed by atoms with E-state index in [2.05, 4.69) is 12.2 Å². The summed E-state index contributed by atoms with van der Waals surface area (Å²) in [5.74, 6) is 2.21. The molecule has 0 atom stereocenters. The van der Waals surface area contributed by atoms with E-state index in [1.54, 1.807) is 0 Å². The Balaban J connectivity index is 2.43. The Morgan fingerprint density at radius 2 is 2.24 bits per heavy atom. The summed E-state index contributed by atoms with van der Waals surface area (Å²) in [6, 6.07) is 5.57. The van der Waals surface area contributed by atoms with Crippen LogP contribution < -0.4 is 11.1 Å². The first-order valence-electron chi connectivity index (χ1n) is 5.87. The fourth-order valence-electron chi connectivity index (χ4n) is 1.48. The van der Waals surface area contributed by atoms with Gasteiger partial charge >= 0.3 is 0 Å². The predicted octanol–water partition coefficient (Wildman–Crippen LogP) is 3.05. The summed E-state index contributed by atoms with van der Waals surface area (Å²) in [7, 11) is 0. The van der Waals surface area contributed by atoms with Gasteiger partial charge in [-0.1, -0.05) is 13.0 Å². The molecule has 0 bridgehead atoms. The van der Waals surface area contributed by atoms with Gasteiger partial charge in [0.25, 0.3) is 0 Å². The Labute approximate surface area is 107 Å². The summed E-state index contributed by atoms with van der Waals surface area (Å²) in [6.07, 6.45) is 1.49. The van der Waals surface area contributed by atoms with E-state index < -0.39 is 0 Å². The van der Waals surface area contributed by atoms with Gasteiger partial charge in [-0.25, -0.2) is 0 Å². The molecule has 17 heavy (non-hydrogen) atoms. The molecule has 0 saturated heterocycles. The Kier molecular flexibility index (Phi) is 5.91. The van der Waals surface area contributed by atoms with Crippen molar-refractivity contribution >= 4 is 29.0 Å². The number of thioether (sulfide) groups is 1. The van der Waals surface area contributed by atoms with E-state index >= 15 is 0 Å². The Hall–Kier alpha value is -1.16. The first-order chi connectivity index (χ1) is 8.15. The van der Waals surface area contributed by atoms with Crippen LogP contribution >= 0.6 is 11.8 Å². The Morgan fingerprint density at radius 1 is 1.47 bits per heavy atom. The van der Waals surface area contributed by atoms with Crippen LogP contribution in [0.4, 0.5) is 11.4 Å². The number of nitrogens with one attached hydrogen (secondary N) is 1. The molecule has 0 radical (unpaired) electrons. The highest BCUT2D eigenvalue weighted by Gasteiger charge is 2.05. The molecule has 1 aromatic carbocycles. The molecule has 0 saturated carbocycles. The number of carbonyl (C=O) groups excluding carboxylic acids is 1. The molecule has 1 aromatic rings. The van der Waals surface area contributed by atoms with Crippen LogP contribution in [0.2, 0.25) is 0 Å². The van der Waals surface area contributed by atoms with E-state index in [0.29, 0.717) is 12.1 Å². The molecule has 0 fully saturated rings. The third kappa shape index (κ3) is 4.69. The van der Waals surface area contributed by atoms with Gasteiger partial charge in [-0.15, -0.1) is 0 Å². The second-order valence-electron chi connectivity index (χ2n) is 3.87. The van der Waals surface area contributed by atoms with E-state index in [9.17, 15) is 4.79 Å². The number of rotatable bonds is 6. The number of hydrogen-bond acceptors (Lipinski definition) is 3. The van der Waals surface area contributed by atoms with Crippen molar-refractivity contribution in [1.29, 1.82) is 0 Å². The second kappa shape index (κ2) is 7.22. The van der Waals surface area contributed by atoms with Gasteiger partial charge in [0.1, 0.15) is 0 Å². The topological polar surface area (TPSA) is 55.1 Å². The molecule has 0 aliphatic heterocycles. The SMILES string of the molecule is CCSCCCC(=O)Nc1cccc(N)c1C. The first kappa shape index (κ1) is 13.9. The molecule has 0 heterocycles. The smallest absolute Gasteiger partial charge is 0.224 e. The van der Waals surface area contributed by atoms with Crippen LogP contribution in [0.15, 0.2) is 18.2 Å². The van der Waals surface area contributed by atoms with Crippen LogP contribution in [0.1, 0.15) is 25.3 Å². The van der Waals surface area contributed by atoms with Crippen molar-refractivity contribution < 1.29 is 4.79 Å². The molecule has 0 spiro atoms. The van der Waals surface area contributed by atoms with E-state index in [1.807, 2.05) is 36.9 Å². The maximum Gasteiger partial charge on any atom is 0.224 e. The lowest BCUT2D eigenvalue weighted by Crippen LogP contribution is -2.12. The fourth-order valence-corrected chi connectivity index (χ4v) is 2.12. The average Bonchev–Trinajstić information content (AvgIpc) is 2.31. The van der Waals surface area contributed by atoms with Crippen LogP contribution in [0.25, 0.3) is 0 Å². The fraction of sp³-hybridized carbons (Fsp3) is 0.462. The average molecular weight is 252 g/mol. The number of hydrogen-bond donors (Lipinski definition) is 2. The third-order valence-corrected chi connectivity index (χ3v) is 3.53. The highest BCUT2D eigenvalue weighted by molar-refractivity contribution is 7.99. The van der Waals surface area contributed by atoms with Crippen molar-refractivity contribution in [3.8, 4) is 0 Å². The zero-order chi connectivity index (χ0) is 12.7. The molecule has 94 valence electrons. The zero-order valence-corrected chi connectivity index (χ0v) is 11.3. The minimum atomic E-state index is 0.0652. The van der Waals surface area contributed by atoms with E-state index in [0.717, 1.165) is 29.2 Å². The quantitative estimate of drug-likeness (QED) is 0.604. The molecule has 1 amide bonds. The lowest BCUT2D eigenvalue weighted by atomic mass is 10.1. The van der Waals surface area contributed by atoms with Gasteiger partial charge in [-0.3, -0.25) is 4.79 Å². The van der Waals surface area contributed by atoms with Crippen LogP contribution in [0.3, 0.4) is 0 Å². The minimum Gasteiger partial charge on any atom is -0.398 e. The van der Waals surface area contributed by atoms with Crippen molar-refractivity contribution in [2.75, 3.05) is 22.6 Å². The normalized spacial score (nSPS) is 10.2. The summed E-state index contributed by atoms with van der Waals surface area (Å²) in [5, 5.41) is 2.90. The standard InChI is InChI=1S/C13H20N2OS/c1-3-17-9-5-8-13(16)15-12-7-4-6-11(14)10(12)2/h4,6-7H,3,5,8-9,14H2,1-2H3,(H,15,16). The van der Waals surface area contributed by atoms with E-state index in [4.69, 9.17) is 5.73 Å². The number of benzene rings is 1. The van der Waals surface area contributed by atoms with Crippen molar-refractivity contribution in [2.24, 2.45) is 0 Å². The summed E-state index contributed by atoms with van der Waals surface area (Å²) in [6.45, 7) is 4.04. The van der Waals surface area contributed by atoms with Gasteiger partial charge in [0.2, 0.25) is 5.91 Å². The molecule has 0 aliphatic carbocycles. The summed E-state index contributed by atoms with van der Waals surface area (Å²) < 4.78 is 0.